The first kappa shape index (κ1) is 12.9. The van der Waals surface area contributed by atoms with Gasteiger partial charge in [0.05, 0.1) is 6.61 Å². The molecule has 0 bridgehead atoms. The van der Waals surface area contributed by atoms with E-state index in [-0.39, 0.29) is 11.5 Å². The molecule has 2 N–H and O–H groups in total. The summed E-state index contributed by atoms with van der Waals surface area (Å²) in [7, 11) is 1.78. The molecule has 0 aromatic carbocycles. The molecule has 3 nitrogen and oxygen atoms in total. The largest absolute Gasteiger partial charge is 0.384 e. The van der Waals surface area contributed by atoms with Crippen LogP contribution >= 0.6 is 0 Å². The Hall–Kier alpha value is -0.120. The van der Waals surface area contributed by atoms with Crippen LogP contribution in [0.5, 0.6) is 0 Å². The van der Waals surface area contributed by atoms with E-state index in [1.54, 1.807) is 7.11 Å². The molecule has 0 spiro atoms. The standard InChI is InChI=1S/C12H26N2O/c1-12(2,3)11(13)8-14-6-5-10(7-14)9-15-4/h10-11H,5-9,13H2,1-4H3. The van der Waals surface area contributed by atoms with Crippen LogP contribution in [-0.2, 0) is 4.74 Å². The van der Waals surface area contributed by atoms with Gasteiger partial charge in [-0.3, -0.25) is 0 Å². The minimum Gasteiger partial charge on any atom is -0.384 e. The number of likely N-dealkylation sites (tertiary alicyclic amines) is 1. The molecule has 2 unspecified atom stereocenters. The third-order valence-electron chi connectivity index (χ3n) is 3.34. The highest BCUT2D eigenvalue weighted by Crippen LogP contribution is 2.21. The first-order chi connectivity index (χ1) is 6.93. The number of hydrogen-bond acceptors (Lipinski definition) is 3. The van der Waals surface area contributed by atoms with Crippen molar-refractivity contribution in [2.45, 2.75) is 33.2 Å². The van der Waals surface area contributed by atoms with Crippen molar-refractivity contribution >= 4 is 0 Å². The van der Waals surface area contributed by atoms with Crippen LogP contribution in [0.15, 0.2) is 0 Å². The van der Waals surface area contributed by atoms with Gasteiger partial charge in [0.1, 0.15) is 0 Å². The number of nitrogens with zero attached hydrogens (tertiary/aromatic N) is 1. The molecule has 0 radical (unpaired) electrons. The van der Waals surface area contributed by atoms with Crippen molar-refractivity contribution in [1.29, 1.82) is 0 Å². The second-order valence-electron chi connectivity index (χ2n) is 5.84. The van der Waals surface area contributed by atoms with Crippen LogP contribution in [0.1, 0.15) is 27.2 Å². The number of ether oxygens (including phenoxy) is 1. The molecule has 1 heterocycles. The molecule has 3 heteroatoms. The molecule has 1 aliphatic rings. The number of rotatable bonds is 4. The minimum absolute atomic E-state index is 0.208. The lowest BCUT2D eigenvalue weighted by Gasteiger charge is -2.30. The molecular formula is C12H26N2O. The van der Waals surface area contributed by atoms with Crippen molar-refractivity contribution in [3.63, 3.8) is 0 Å². The van der Waals surface area contributed by atoms with Gasteiger partial charge in [-0.15, -0.1) is 0 Å². The quantitative estimate of drug-likeness (QED) is 0.767. The Bertz CT molecular complexity index is 189. The molecule has 1 aliphatic heterocycles. The normalized spacial score (nSPS) is 25.8. The Labute approximate surface area is 94.0 Å². The second-order valence-corrected chi connectivity index (χ2v) is 5.84. The maximum Gasteiger partial charge on any atom is 0.0503 e. The smallest absolute Gasteiger partial charge is 0.0503 e. The number of hydrogen-bond donors (Lipinski definition) is 1. The molecule has 0 amide bonds. The highest BCUT2D eigenvalue weighted by atomic mass is 16.5. The molecular weight excluding hydrogens is 188 g/mol. The summed E-state index contributed by atoms with van der Waals surface area (Å²) in [5, 5.41) is 0. The number of methoxy groups -OCH3 is 1. The maximum atomic E-state index is 6.18. The monoisotopic (exact) mass is 214 g/mol. The fourth-order valence-electron chi connectivity index (χ4n) is 2.00. The van der Waals surface area contributed by atoms with E-state index in [2.05, 4.69) is 25.7 Å². The highest BCUT2D eigenvalue weighted by molar-refractivity contribution is 4.84. The van der Waals surface area contributed by atoms with Gasteiger partial charge in [0.2, 0.25) is 0 Å². The average Bonchev–Trinajstić information content (AvgIpc) is 2.51. The van der Waals surface area contributed by atoms with Crippen molar-refractivity contribution in [1.82, 2.24) is 4.90 Å². The van der Waals surface area contributed by atoms with Crippen LogP contribution in [0, 0.1) is 11.3 Å². The molecule has 0 saturated carbocycles. The molecule has 90 valence electrons. The van der Waals surface area contributed by atoms with Crippen LogP contribution < -0.4 is 5.73 Å². The predicted octanol–water partition coefficient (Wildman–Crippen LogP) is 1.33. The lowest BCUT2D eigenvalue weighted by atomic mass is 9.87. The lowest BCUT2D eigenvalue weighted by Crippen LogP contribution is -2.44. The van der Waals surface area contributed by atoms with E-state index in [9.17, 15) is 0 Å². The van der Waals surface area contributed by atoms with Crippen LogP contribution in [-0.4, -0.2) is 44.3 Å². The summed E-state index contributed by atoms with van der Waals surface area (Å²) in [5.74, 6) is 0.710. The summed E-state index contributed by atoms with van der Waals surface area (Å²) in [4.78, 5) is 2.47. The van der Waals surface area contributed by atoms with Gasteiger partial charge in [-0.05, 0) is 24.3 Å². The van der Waals surface area contributed by atoms with Crippen molar-refractivity contribution in [2.75, 3.05) is 33.4 Å². The van der Waals surface area contributed by atoms with E-state index in [4.69, 9.17) is 10.5 Å². The minimum atomic E-state index is 0.208. The number of nitrogens with two attached hydrogens (primary N) is 1. The Kier molecular flexibility index (Phi) is 4.56. The predicted molar refractivity (Wildman–Crippen MR) is 63.9 cm³/mol. The Morgan fingerprint density at radius 1 is 1.47 bits per heavy atom. The molecule has 1 saturated heterocycles. The zero-order chi connectivity index (χ0) is 11.5. The van der Waals surface area contributed by atoms with Crippen LogP contribution in [0.25, 0.3) is 0 Å². The summed E-state index contributed by atoms with van der Waals surface area (Å²) in [5.41, 5.74) is 6.38. The topological polar surface area (TPSA) is 38.5 Å². The van der Waals surface area contributed by atoms with Gasteiger partial charge >= 0.3 is 0 Å². The van der Waals surface area contributed by atoms with Gasteiger partial charge in [-0.1, -0.05) is 20.8 Å². The van der Waals surface area contributed by atoms with E-state index in [0.717, 1.165) is 19.7 Å². The fourth-order valence-corrected chi connectivity index (χ4v) is 2.00. The van der Waals surface area contributed by atoms with Gasteiger partial charge in [-0.2, -0.15) is 0 Å². The fraction of sp³-hybridized carbons (Fsp3) is 1.00. The van der Waals surface area contributed by atoms with Gasteiger partial charge in [0.25, 0.3) is 0 Å². The molecule has 0 aromatic heterocycles. The van der Waals surface area contributed by atoms with Gasteiger partial charge in [0.15, 0.2) is 0 Å². The first-order valence-corrected chi connectivity index (χ1v) is 5.90. The molecule has 1 fully saturated rings. The third kappa shape index (κ3) is 4.09. The van der Waals surface area contributed by atoms with Crippen LogP contribution in [0.3, 0.4) is 0 Å². The summed E-state index contributed by atoms with van der Waals surface area (Å²) in [6, 6.07) is 0.263. The van der Waals surface area contributed by atoms with Gasteiger partial charge in [0, 0.05) is 26.2 Å². The lowest BCUT2D eigenvalue weighted by molar-refractivity contribution is 0.149. The van der Waals surface area contributed by atoms with Gasteiger partial charge < -0.3 is 15.4 Å². The third-order valence-corrected chi connectivity index (χ3v) is 3.34. The first-order valence-electron chi connectivity index (χ1n) is 5.90. The van der Waals surface area contributed by atoms with Crippen molar-refractivity contribution in [3.8, 4) is 0 Å². The summed E-state index contributed by atoms with van der Waals surface area (Å²) < 4.78 is 5.19. The SMILES string of the molecule is COCC1CCN(CC(N)C(C)(C)C)C1. The zero-order valence-electron chi connectivity index (χ0n) is 10.6. The maximum absolute atomic E-state index is 6.18. The van der Waals surface area contributed by atoms with Gasteiger partial charge in [-0.25, -0.2) is 0 Å². The van der Waals surface area contributed by atoms with Crippen molar-refractivity contribution in [3.05, 3.63) is 0 Å². The Morgan fingerprint density at radius 3 is 2.67 bits per heavy atom. The zero-order valence-corrected chi connectivity index (χ0v) is 10.6. The van der Waals surface area contributed by atoms with Crippen LogP contribution in [0.2, 0.25) is 0 Å². The van der Waals surface area contributed by atoms with E-state index in [0.29, 0.717) is 5.92 Å². The van der Waals surface area contributed by atoms with E-state index in [1.807, 2.05) is 0 Å². The van der Waals surface area contributed by atoms with Crippen molar-refractivity contribution in [2.24, 2.45) is 17.1 Å². The van der Waals surface area contributed by atoms with E-state index in [1.165, 1.54) is 13.0 Å². The summed E-state index contributed by atoms with van der Waals surface area (Å²) >= 11 is 0. The Balaban J connectivity index is 2.30. The van der Waals surface area contributed by atoms with E-state index >= 15 is 0 Å². The molecule has 15 heavy (non-hydrogen) atoms. The summed E-state index contributed by atoms with van der Waals surface area (Å²) in [6.07, 6.45) is 1.25. The highest BCUT2D eigenvalue weighted by Gasteiger charge is 2.27. The van der Waals surface area contributed by atoms with Crippen LogP contribution in [0.4, 0.5) is 0 Å². The van der Waals surface area contributed by atoms with E-state index < -0.39 is 0 Å². The molecule has 1 rings (SSSR count). The Morgan fingerprint density at radius 2 is 2.13 bits per heavy atom. The molecule has 2 atom stereocenters. The molecule has 0 aromatic rings. The average molecular weight is 214 g/mol. The summed E-state index contributed by atoms with van der Waals surface area (Å²) in [6.45, 7) is 10.9. The second kappa shape index (κ2) is 5.28. The molecule has 0 aliphatic carbocycles. The van der Waals surface area contributed by atoms with Crippen molar-refractivity contribution < 1.29 is 4.74 Å².